The van der Waals surface area contributed by atoms with E-state index in [1.165, 1.54) is 18.4 Å². The SMILES string of the molecule is COc1ccc(/C=C2\N=C(c3cccs3)OC2=O)cc1OC(=O)C(C)C. The van der Waals surface area contributed by atoms with E-state index in [9.17, 15) is 9.59 Å². The molecule has 1 aromatic carbocycles. The van der Waals surface area contributed by atoms with Gasteiger partial charge in [0.25, 0.3) is 0 Å². The molecule has 0 radical (unpaired) electrons. The molecule has 0 atom stereocenters. The van der Waals surface area contributed by atoms with E-state index in [-0.39, 0.29) is 29.2 Å². The highest BCUT2D eigenvalue weighted by Gasteiger charge is 2.25. The fourth-order valence-corrected chi connectivity index (χ4v) is 2.81. The van der Waals surface area contributed by atoms with Gasteiger partial charge in [-0.2, -0.15) is 0 Å². The van der Waals surface area contributed by atoms with Crippen molar-refractivity contribution < 1.29 is 23.8 Å². The van der Waals surface area contributed by atoms with Crippen molar-refractivity contribution in [2.45, 2.75) is 13.8 Å². The highest BCUT2D eigenvalue weighted by molar-refractivity contribution is 7.12. The number of carbonyl (C=O) groups is 2. The number of esters is 2. The Morgan fingerprint density at radius 2 is 2.08 bits per heavy atom. The molecule has 6 nitrogen and oxygen atoms in total. The van der Waals surface area contributed by atoms with E-state index in [1.807, 2.05) is 17.5 Å². The lowest BCUT2D eigenvalue weighted by atomic mass is 10.1. The summed E-state index contributed by atoms with van der Waals surface area (Å²) in [5, 5.41) is 1.88. The van der Waals surface area contributed by atoms with Crippen LogP contribution in [0.4, 0.5) is 0 Å². The maximum absolute atomic E-state index is 12.0. The van der Waals surface area contributed by atoms with Crippen LogP contribution in [0.1, 0.15) is 24.3 Å². The fourth-order valence-electron chi connectivity index (χ4n) is 2.16. The van der Waals surface area contributed by atoms with Crippen LogP contribution in [-0.4, -0.2) is 24.9 Å². The van der Waals surface area contributed by atoms with Crippen LogP contribution in [0.3, 0.4) is 0 Å². The van der Waals surface area contributed by atoms with Crippen molar-refractivity contribution in [1.82, 2.24) is 0 Å². The molecule has 0 amide bonds. The molecule has 3 rings (SSSR count). The third-order valence-corrected chi connectivity index (χ3v) is 4.38. The van der Waals surface area contributed by atoms with Crippen LogP contribution in [0.25, 0.3) is 6.08 Å². The molecule has 2 heterocycles. The van der Waals surface area contributed by atoms with Crippen molar-refractivity contribution in [3.05, 3.63) is 51.8 Å². The number of thiophene rings is 1. The predicted octanol–water partition coefficient (Wildman–Crippen LogP) is 3.66. The van der Waals surface area contributed by atoms with Crippen molar-refractivity contribution >= 4 is 35.2 Å². The van der Waals surface area contributed by atoms with Crippen molar-refractivity contribution in [2.75, 3.05) is 7.11 Å². The summed E-state index contributed by atoms with van der Waals surface area (Å²) in [6.45, 7) is 3.49. The first-order valence-electron chi connectivity index (χ1n) is 7.94. The average molecular weight is 371 g/mol. The minimum Gasteiger partial charge on any atom is -0.493 e. The average Bonchev–Trinajstić information content (AvgIpc) is 3.25. The number of methoxy groups -OCH3 is 1. The van der Waals surface area contributed by atoms with Gasteiger partial charge in [-0.25, -0.2) is 9.79 Å². The van der Waals surface area contributed by atoms with Gasteiger partial charge in [-0.15, -0.1) is 11.3 Å². The molecule has 0 saturated carbocycles. The molecule has 0 bridgehead atoms. The first kappa shape index (κ1) is 17.9. The number of hydrogen-bond donors (Lipinski definition) is 0. The number of nitrogens with zero attached hydrogens (tertiary/aromatic N) is 1. The maximum atomic E-state index is 12.0. The van der Waals surface area contributed by atoms with Crippen LogP contribution in [0, 0.1) is 5.92 Å². The molecule has 1 aromatic heterocycles. The van der Waals surface area contributed by atoms with E-state index in [2.05, 4.69) is 4.99 Å². The molecule has 26 heavy (non-hydrogen) atoms. The van der Waals surface area contributed by atoms with Gasteiger partial charge in [0.15, 0.2) is 17.2 Å². The zero-order chi connectivity index (χ0) is 18.7. The Bertz CT molecular complexity index is 897. The first-order chi connectivity index (χ1) is 12.5. The molecule has 0 aliphatic carbocycles. The van der Waals surface area contributed by atoms with Gasteiger partial charge in [0, 0.05) is 0 Å². The Balaban J connectivity index is 1.90. The zero-order valence-corrected chi connectivity index (χ0v) is 15.3. The van der Waals surface area contributed by atoms with Gasteiger partial charge >= 0.3 is 11.9 Å². The third kappa shape index (κ3) is 3.83. The number of cyclic esters (lactones) is 1. The Kier molecular flexibility index (Phi) is 5.18. The van der Waals surface area contributed by atoms with Crippen molar-refractivity contribution in [3.63, 3.8) is 0 Å². The Labute approximate surface area is 154 Å². The lowest BCUT2D eigenvalue weighted by molar-refractivity contribution is -0.137. The van der Waals surface area contributed by atoms with E-state index in [0.29, 0.717) is 11.3 Å². The van der Waals surface area contributed by atoms with Crippen LogP contribution in [-0.2, 0) is 14.3 Å². The fraction of sp³-hybridized carbons (Fsp3) is 0.211. The van der Waals surface area contributed by atoms with Gasteiger partial charge in [-0.05, 0) is 35.2 Å². The van der Waals surface area contributed by atoms with Crippen LogP contribution in [0.15, 0.2) is 46.4 Å². The van der Waals surface area contributed by atoms with Crippen LogP contribution in [0.5, 0.6) is 11.5 Å². The number of benzene rings is 1. The van der Waals surface area contributed by atoms with Gasteiger partial charge in [-0.3, -0.25) is 4.79 Å². The smallest absolute Gasteiger partial charge is 0.363 e. The van der Waals surface area contributed by atoms with E-state index in [4.69, 9.17) is 14.2 Å². The van der Waals surface area contributed by atoms with Crippen molar-refractivity contribution in [2.24, 2.45) is 10.9 Å². The second kappa shape index (κ2) is 7.53. The van der Waals surface area contributed by atoms with E-state index in [0.717, 1.165) is 4.88 Å². The minimum absolute atomic E-state index is 0.180. The zero-order valence-electron chi connectivity index (χ0n) is 14.5. The highest BCUT2D eigenvalue weighted by Crippen LogP contribution is 2.30. The maximum Gasteiger partial charge on any atom is 0.363 e. The summed E-state index contributed by atoms with van der Waals surface area (Å²) in [5.41, 5.74) is 0.820. The van der Waals surface area contributed by atoms with E-state index < -0.39 is 5.97 Å². The number of aliphatic imine (C=N–C) groups is 1. The number of rotatable bonds is 5. The molecular weight excluding hydrogens is 354 g/mol. The second-order valence-corrected chi connectivity index (χ2v) is 6.75. The molecule has 2 aromatic rings. The van der Waals surface area contributed by atoms with Crippen LogP contribution < -0.4 is 9.47 Å². The molecule has 134 valence electrons. The molecule has 0 fully saturated rings. The lowest BCUT2D eigenvalue weighted by Gasteiger charge is -2.11. The Morgan fingerprint density at radius 1 is 1.27 bits per heavy atom. The number of hydrogen-bond acceptors (Lipinski definition) is 7. The molecule has 0 unspecified atom stereocenters. The molecule has 7 heteroatoms. The van der Waals surface area contributed by atoms with Crippen LogP contribution in [0.2, 0.25) is 0 Å². The summed E-state index contributed by atoms with van der Waals surface area (Å²) in [5.74, 6) is -0.163. The normalized spacial score (nSPS) is 15.2. The highest BCUT2D eigenvalue weighted by atomic mass is 32.1. The van der Waals surface area contributed by atoms with Crippen LogP contribution >= 0.6 is 11.3 Å². The van der Waals surface area contributed by atoms with Crippen molar-refractivity contribution in [1.29, 1.82) is 0 Å². The molecule has 0 saturated heterocycles. The third-order valence-electron chi connectivity index (χ3n) is 3.53. The monoisotopic (exact) mass is 371 g/mol. The summed E-state index contributed by atoms with van der Waals surface area (Å²) in [6.07, 6.45) is 1.58. The van der Waals surface area contributed by atoms with Gasteiger partial charge in [0.05, 0.1) is 17.9 Å². The van der Waals surface area contributed by atoms with Gasteiger partial charge < -0.3 is 14.2 Å². The molecular formula is C19H17NO5S. The number of carbonyl (C=O) groups excluding carboxylic acids is 2. The molecule has 0 spiro atoms. The topological polar surface area (TPSA) is 74.2 Å². The summed E-state index contributed by atoms with van der Waals surface area (Å²) in [6, 6.07) is 8.72. The first-order valence-corrected chi connectivity index (χ1v) is 8.82. The summed E-state index contributed by atoms with van der Waals surface area (Å²) >= 11 is 1.44. The molecule has 1 aliphatic rings. The minimum atomic E-state index is -0.523. The largest absolute Gasteiger partial charge is 0.493 e. The summed E-state index contributed by atoms with van der Waals surface area (Å²) in [4.78, 5) is 28.9. The van der Waals surface area contributed by atoms with Crippen molar-refractivity contribution in [3.8, 4) is 11.5 Å². The quantitative estimate of drug-likeness (QED) is 0.455. The second-order valence-electron chi connectivity index (χ2n) is 5.80. The predicted molar refractivity (Wildman–Crippen MR) is 98.4 cm³/mol. The Hall–Kier alpha value is -2.93. The molecule has 1 aliphatic heterocycles. The standard InChI is InChI=1S/C19H17NO5S/c1-11(2)18(21)24-15-10-12(6-7-14(15)23-3)9-13-19(22)25-17(20-13)16-5-4-8-26-16/h4-11H,1-3H3/b13-9-. The van der Waals surface area contributed by atoms with Gasteiger partial charge in [0.1, 0.15) is 0 Å². The molecule has 0 N–H and O–H groups in total. The Morgan fingerprint density at radius 3 is 2.73 bits per heavy atom. The summed E-state index contributed by atoms with van der Waals surface area (Å²) < 4.78 is 15.8. The van der Waals surface area contributed by atoms with Gasteiger partial charge in [-0.1, -0.05) is 26.0 Å². The lowest BCUT2D eigenvalue weighted by Crippen LogP contribution is -2.15. The number of ether oxygens (including phenoxy) is 3. The summed E-state index contributed by atoms with van der Waals surface area (Å²) in [7, 11) is 1.49. The van der Waals surface area contributed by atoms with Gasteiger partial charge in [0.2, 0.25) is 5.90 Å². The van der Waals surface area contributed by atoms with E-state index >= 15 is 0 Å². The van der Waals surface area contributed by atoms with E-state index in [1.54, 1.807) is 38.1 Å².